The second-order valence-corrected chi connectivity index (χ2v) is 3.64. The molecule has 0 spiro atoms. The number of nitrogens with zero attached hydrogens (tertiary/aromatic N) is 2. The van der Waals surface area contributed by atoms with Crippen molar-refractivity contribution in [1.82, 2.24) is 10.1 Å². The number of halogens is 1. The van der Waals surface area contributed by atoms with E-state index in [-0.39, 0.29) is 18.2 Å². The standard InChI is InChI=1S/C11H12FN3O2/c12-8-3-1-7(2-4-8)5-10-14-11(15-17-10)9(13)6-16/h1-4,9,16H,5-6,13H2. The van der Waals surface area contributed by atoms with Crippen LogP contribution in [-0.2, 0) is 6.42 Å². The minimum atomic E-state index is -0.638. The van der Waals surface area contributed by atoms with Crippen molar-refractivity contribution >= 4 is 0 Å². The van der Waals surface area contributed by atoms with Crippen molar-refractivity contribution in [1.29, 1.82) is 0 Å². The van der Waals surface area contributed by atoms with Gasteiger partial charge in [-0.3, -0.25) is 0 Å². The number of hydrogen-bond donors (Lipinski definition) is 2. The van der Waals surface area contributed by atoms with Crippen molar-refractivity contribution < 1.29 is 14.0 Å². The highest BCUT2D eigenvalue weighted by Gasteiger charge is 2.13. The van der Waals surface area contributed by atoms with E-state index in [2.05, 4.69) is 10.1 Å². The Bertz CT molecular complexity index is 484. The lowest BCUT2D eigenvalue weighted by molar-refractivity contribution is 0.259. The zero-order valence-electron chi connectivity index (χ0n) is 9.01. The molecule has 0 saturated heterocycles. The summed E-state index contributed by atoms with van der Waals surface area (Å²) in [5.41, 5.74) is 6.40. The molecular weight excluding hydrogens is 225 g/mol. The van der Waals surface area contributed by atoms with Crippen LogP contribution in [0.25, 0.3) is 0 Å². The fourth-order valence-corrected chi connectivity index (χ4v) is 1.35. The number of rotatable bonds is 4. The molecule has 0 aliphatic rings. The molecule has 1 atom stereocenters. The third-order valence-corrected chi connectivity index (χ3v) is 2.28. The Morgan fingerprint density at radius 1 is 1.35 bits per heavy atom. The molecule has 0 amide bonds. The Morgan fingerprint density at radius 2 is 2.06 bits per heavy atom. The molecule has 0 aliphatic carbocycles. The van der Waals surface area contributed by atoms with Crippen LogP contribution in [-0.4, -0.2) is 21.9 Å². The molecule has 6 heteroatoms. The Balaban J connectivity index is 2.08. The largest absolute Gasteiger partial charge is 0.394 e. The molecule has 90 valence electrons. The highest BCUT2D eigenvalue weighted by atomic mass is 19.1. The molecule has 2 rings (SSSR count). The third kappa shape index (κ3) is 2.86. The van der Waals surface area contributed by atoms with Crippen LogP contribution in [0.4, 0.5) is 4.39 Å². The predicted octanol–water partition coefficient (Wildman–Crippen LogP) is 0.792. The molecule has 2 aromatic rings. The van der Waals surface area contributed by atoms with Gasteiger partial charge in [-0.15, -0.1) is 0 Å². The molecule has 5 nitrogen and oxygen atoms in total. The van der Waals surface area contributed by atoms with Crippen molar-refractivity contribution in [3.8, 4) is 0 Å². The summed E-state index contributed by atoms with van der Waals surface area (Å²) in [6, 6.07) is 5.38. The van der Waals surface area contributed by atoms with E-state index in [1.54, 1.807) is 12.1 Å². The number of aliphatic hydroxyl groups is 1. The van der Waals surface area contributed by atoms with Gasteiger partial charge in [0.15, 0.2) is 5.82 Å². The summed E-state index contributed by atoms with van der Waals surface area (Å²) in [6.45, 7) is -0.241. The zero-order valence-corrected chi connectivity index (χ0v) is 9.01. The smallest absolute Gasteiger partial charge is 0.231 e. The molecule has 0 aliphatic heterocycles. The molecule has 0 saturated carbocycles. The second kappa shape index (κ2) is 5.03. The van der Waals surface area contributed by atoms with Crippen LogP contribution >= 0.6 is 0 Å². The monoisotopic (exact) mass is 237 g/mol. The van der Waals surface area contributed by atoms with E-state index in [9.17, 15) is 4.39 Å². The van der Waals surface area contributed by atoms with E-state index in [0.717, 1.165) is 5.56 Å². The summed E-state index contributed by atoms with van der Waals surface area (Å²) in [5.74, 6) is 0.363. The van der Waals surface area contributed by atoms with Crippen LogP contribution in [0.5, 0.6) is 0 Å². The van der Waals surface area contributed by atoms with Crippen LogP contribution in [0.15, 0.2) is 28.8 Å². The summed E-state index contributed by atoms with van der Waals surface area (Å²) in [5, 5.41) is 12.5. The second-order valence-electron chi connectivity index (χ2n) is 3.64. The minimum Gasteiger partial charge on any atom is -0.394 e. The summed E-state index contributed by atoms with van der Waals surface area (Å²) in [7, 11) is 0. The van der Waals surface area contributed by atoms with E-state index in [1.165, 1.54) is 12.1 Å². The first-order valence-electron chi connectivity index (χ1n) is 5.12. The number of aliphatic hydroxyl groups excluding tert-OH is 1. The van der Waals surface area contributed by atoms with Crippen LogP contribution < -0.4 is 5.73 Å². The van der Waals surface area contributed by atoms with Gasteiger partial charge in [-0.1, -0.05) is 17.3 Å². The van der Waals surface area contributed by atoms with E-state index in [4.69, 9.17) is 15.4 Å². The normalized spacial score (nSPS) is 12.6. The van der Waals surface area contributed by atoms with Gasteiger partial charge in [-0.05, 0) is 17.7 Å². The number of benzene rings is 1. The Hall–Kier alpha value is -1.79. The molecule has 1 aromatic heterocycles. The van der Waals surface area contributed by atoms with Crippen LogP contribution in [0.2, 0.25) is 0 Å². The van der Waals surface area contributed by atoms with Crippen molar-refractivity contribution in [3.63, 3.8) is 0 Å². The van der Waals surface area contributed by atoms with Crippen molar-refractivity contribution in [3.05, 3.63) is 47.4 Å². The average molecular weight is 237 g/mol. The van der Waals surface area contributed by atoms with Gasteiger partial charge in [0.2, 0.25) is 5.89 Å². The van der Waals surface area contributed by atoms with Gasteiger partial charge in [0, 0.05) is 0 Å². The average Bonchev–Trinajstić information content (AvgIpc) is 2.80. The Kier molecular flexibility index (Phi) is 3.46. The first kappa shape index (κ1) is 11.7. The fourth-order valence-electron chi connectivity index (χ4n) is 1.35. The lowest BCUT2D eigenvalue weighted by Gasteiger charge is -1.99. The van der Waals surface area contributed by atoms with Gasteiger partial charge in [-0.2, -0.15) is 4.98 Å². The lowest BCUT2D eigenvalue weighted by Crippen LogP contribution is -2.16. The van der Waals surface area contributed by atoms with Gasteiger partial charge >= 0.3 is 0 Å². The third-order valence-electron chi connectivity index (χ3n) is 2.28. The predicted molar refractivity (Wildman–Crippen MR) is 57.5 cm³/mol. The maximum absolute atomic E-state index is 12.7. The van der Waals surface area contributed by atoms with Crippen molar-refractivity contribution in [2.24, 2.45) is 5.73 Å². The van der Waals surface area contributed by atoms with E-state index in [1.807, 2.05) is 0 Å². The van der Waals surface area contributed by atoms with Gasteiger partial charge < -0.3 is 15.4 Å². The van der Waals surface area contributed by atoms with Crippen LogP contribution in [0, 0.1) is 5.82 Å². The molecular formula is C11H12FN3O2. The molecule has 3 N–H and O–H groups in total. The van der Waals surface area contributed by atoms with Crippen molar-refractivity contribution in [2.45, 2.75) is 12.5 Å². The molecule has 0 radical (unpaired) electrons. The summed E-state index contributed by atoms with van der Waals surface area (Å²) >= 11 is 0. The quantitative estimate of drug-likeness (QED) is 0.821. The van der Waals surface area contributed by atoms with E-state index >= 15 is 0 Å². The number of aromatic nitrogens is 2. The number of nitrogens with two attached hydrogens (primary N) is 1. The Morgan fingerprint density at radius 3 is 2.71 bits per heavy atom. The van der Waals surface area contributed by atoms with Crippen LogP contribution in [0.3, 0.4) is 0 Å². The molecule has 1 aromatic carbocycles. The van der Waals surface area contributed by atoms with E-state index in [0.29, 0.717) is 12.3 Å². The van der Waals surface area contributed by atoms with E-state index < -0.39 is 6.04 Å². The van der Waals surface area contributed by atoms with Gasteiger partial charge in [0.25, 0.3) is 0 Å². The molecule has 1 unspecified atom stereocenters. The van der Waals surface area contributed by atoms with Gasteiger partial charge in [-0.25, -0.2) is 4.39 Å². The minimum absolute atomic E-state index is 0.241. The summed E-state index contributed by atoms with van der Waals surface area (Å²) in [4.78, 5) is 4.04. The molecule has 0 bridgehead atoms. The van der Waals surface area contributed by atoms with Crippen LogP contribution in [0.1, 0.15) is 23.3 Å². The first-order valence-corrected chi connectivity index (χ1v) is 5.12. The van der Waals surface area contributed by atoms with Crippen molar-refractivity contribution in [2.75, 3.05) is 6.61 Å². The molecule has 1 heterocycles. The maximum atomic E-state index is 12.7. The Labute approximate surface area is 97.1 Å². The lowest BCUT2D eigenvalue weighted by atomic mass is 10.1. The summed E-state index contributed by atoms with van der Waals surface area (Å²) in [6.07, 6.45) is 0.408. The fraction of sp³-hybridized carbons (Fsp3) is 0.273. The highest BCUT2D eigenvalue weighted by molar-refractivity contribution is 5.19. The zero-order chi connectivity index (χ0) is 12.3. The number of hydrogen-bond acceptors (Lipinski definition) is 5. The first-order chi connectivity index (χ1) is 8.19. The van der Waals surface area contributed by atoms with Gasteiger partial charge in [0.1, 0.15) is 5.82 Å². The topological polar surface area (TPSA) is 85.2 Å². The molecule has 17 heavy (non-hydrogen) atoms. The maximum Gasteiger partial charge on any atom is 0.231 e. The SMILES string of the molecule is NC(CO)c1noc(Cc2ccc(F)cc2)n1. The molecule has 0 fully saturated rings. The van der Waals surface area contributed by atoms with Gasteiger partial charge in [0.05, 0.1) is 19.1 Å². The summed E-state index contributed by atoms with van der Waals surface area (Å²) < 4.78 is 17.7. The highest BCUT2D eigenvalue weighted by Crippen LogP contribution is 2.11.